The fourth-order valence-corrected chi connectivity index (χ4v) is 3.18. The van der Waals surface area contributed by atoms with Crippen LogP contribution in [0.25, 0.3) is 0 Å². The molecule has 1 aliphatic rings. The number of carbonyl (C=O) groups excluding carboxylic acids is 1. The Kier molecular flexibility index (Phi) is 4.85. The summed E-state index contributed by atoms with van der Waals surface area (Å²) in [6.45, 7) is 1.62. The lowest BCUT2D eigenvalue weighted by molar-refractivity contribution is -0.384. The zero-order valence-electron chi connectivity index (χ0n) is 14.3. The van der Waals surface area contributed by atoms with Gasteiger partial charge >= 0.3 is 0 Å². The van der Waals surface area contributed by atoms with E-state index in [0.29, 0.717) is 19.6 Å². The van der Waals surface area contributed by atoms with Gasteiger partial charge in [-0.15, -0.1) is 0 Å². The maximum absolute atomic E-state index is 14.3. The van der Waals surface area contributed by atoms with Crippen LogP contribution in [0.2, 0.25) is 0 Å². The fraction of sp³-hybridized carbons (Fsp3) is 0.278. The predicted octanol–water partition coefficient (Wildman–Crippen LogP) is 2.45. The zero-order valence-corrected chi connectivity index (χ0v) is 14.3. The number of nitrogens with two attached hydrogens (primary N) is 1. The van der Waals surface area contributed by atoms with Gasteiger partial charge in [0, 0.05) is 31.8 Å². The smallest absolute Gasteiger partial charge is 0.293 e. The molecule has 8 heteroatoms. The van der Waals surface area contributed by atoms with Gasteiger partial charge in [-0.1, -0.05) is 30.3 Å². The van der Waals surface area contributed by atoms with Crippen molar-refractivity contribution in [1.29, 1.82) is 0 Å². The largest absolute Gasteiger partial charge is 0.393 e. The number of nitrogen functional groups attached to an aromatic ring is 1. The summed E-state index contributed by atoms with van der Waals surface area (Å²) in [6, 6.07) is 10.9. The number of amides is 1. The zero-order chi connectivity index (χ0) is 18.8. The van der Waals surface area contributed by atoms with E-state index in [4.69, 9.17) is 5.73 Å². The van der Waals surface area contributed by atoms with E-state index in [1.807, 2.05) is 37.4 Å². The molecule has 136 valence electrons. The Morgan fingerprint density at radius 1 is 1.27 bits per heavy atom. The number of nitro groups is 1. The molecule has 26 heavy (non-hydrogen) atoms. The summed E-state index contributed by atoms with van der Waals surface area (Å²) in [6.07, 6.45) is 0. The predicted molar refractivity (Wildman–Crippen MR) is 95.2 cm³/mol. The molecule has 1 saturated heterocycles. The summed E-state index contributed by atoms with van der Waals surface area (Å²) >= 11 is 0. The van der Waals surface area contributed by atoms with E-state index >= 15 is 0 Å². The highest BCUT2D eigenvalue weighted by atomic mass is 19.1. The van der Waals surface area contributed by atoms with Gasteiger partial charge in [-0.2, -0.15) is 0 Å². The summed E-state index contributed by atoms with van der Waals surface area (Å²) in [5, 5.41) is 11.1. The average Bonchev–Trinajstić information content (AvgIpc) is 2.61. The van der Waals surface area contributed by atoms with E-state index < -0.39 is 22.3 Å². The third kappa shape index (κ3) is 3.36. The lowest BCUT2D eigenvalue weighted by atomic mass is 10.0. The van der Waals surface area contributed by atoms with E-state index in [2.05, 4.69) is 4.90 Å². The first-order chi connectivity index (χ1) is 12.4. The normalized spacial score (nSPS) is 17.9. The quantitative estimate of drug-likeness (QED) is 0.517. The number of halogens is 1. The van der Waals surface area contributed by atoms with E-state index in [9.17, 15) is 19.3 Å². The van der Waals surface area contributed by atoms with Crippen molar-refractivity contribution in [3.05, 3.63) is 69.5 Å². The lowest BCUT2D eigenvalue weighted by Gasteiger charge is -2.40. The molecule has 0 aromatic heterocycles. The SMILES string of the molecule is CN1CCN(C(=O)c2cc([N+](=O)[O-])c(N)cc2F)C(c2ccccc2)C1. The Hall–Kier alpha value is -3.00. The molecule has 0 spiro atoms. The minimum absolute atomic E-state index is 0.265. The molecular weight excluding hydrogens is 339 g/mol. The second kappa shape index (κ2) is 7.09. The third-order valence-electron chi connectivity index (χ3n) is 4.57. The average molecular weight is 358 g/mol. The van der Waals surface area contributed by atoms with Crippen LogP contribution in [0.1, 0.15) is 22.0 Å². The monoisotopic (exact) mass is 358 g/mol. The topological polar surface area (TPSA) is 92.7 Å². The summed E-state index contributed by atoms with van der Waals surface area (Å²) in [5.74, 6) is -1.43. The van der Waals surface area contributed by atoms with Crippen molar-refractivity contribution in [3.63, 3.8) is 0 Å². The van der Waals surface area contributed by atoms with Crippen molar-refractivity contribution in [2.75, 3.05) is 32.4 Å². The van der Waals surface area contributed by atoms with Crippen LogP contribution in [0.4, 0.5) is 15.8 Å². The van der Waals surface area contributed by atoms with E-state index in [1.165, 1.54) is 0 Å². The Bertz CT molecular complexity index is 844. The highest BCUT2D eigenvalue weighted by Gasteiger charge is 2.33. The molecule has 1 amide bonds. The first-order valence-electron chi connectivity index (χ1n) is 8.16. The van der Waals surface area contributed by atoms with Crippen molar-refractivity contribution >= 4 is 17.3 Å². The standard InChI is InChI=1S/C18H19FN4O3/c1-21-7-8-22(17(11-21)12-5-3-2-4-6-12)18(24)13-9-16(23(25)26)15(20)10-14(13)19/h2-6,9-10,17H,7-8,11,20H2,1H3. The van der Waals surface area contributed by atoms with Crippen molar-refractivity contribution in [1.82, 2.24) is 9.80 Å². The second-order valence-corrected chi connectivity index (χ2v) is 6.34. The van der Waals surface area contributed by atoms with Crippen LogP contribution in [-0.4, -0.2) is 47.3 Å². The molecule has 7 nitrogen and oxygen atoms in total. The number of hydrogen-bond donors (Lipinski definition) is 1. The summed E-state index contributed by atoms with van der Waals surface area (Å²) in [7, 11) is 1.95. The van der Waals surface area contributed by atoms with Crippen molar-refractivity contribution in [3.8, 4) is 0 Å². The van der Waals surface area contributed by atoms with Crippen LogP contribution < -0.4 is 5.73 Å². The van der Waals surface area contributed by atoms with E-state index in [1.54, 1.807) is 4.90 Å². The Morgan fingerprint density at radius 2 is 1.96 bits per heavy atom. The molecule has 2 aromatic carbocycles. The summed E-state index contributed by atoms with van der Waals surface area (Å²) in [4.78, 5) is 27.0. The van der Waals surface area contributed by atoms with Crippen LogP contribution in [0.5, 0.6) is 0 Å². The number of hydrogen-bond acceptors (Lipinski definition) is 5. The fourth-order valence-electron chi connectivity index (χ4n) is 3.18. The maximum atomic E-state index is 14.3. The molecule has 1 aliphatic heterocycles. The van der Waals surface area contributed by atoms with Crippen molar-refractivity contribution in [2.24, 2.45) is 0 Å². The van der Waals surface area contributed by atoms with Gasteiger partial charge in [0.15, 0.2) is 0 Å². The van der Waals surface area contributed by atoms with Gasteiger partial charge in [0.2, 0.25) is 0 Å². The number of anilines is 1. The molecule has 0 saturated carbocycles. The van der Waals surface area contributed by atoms with Crippen LogP contribution >= 0.6 is 0 Å². The Balaban J connectivity index is 2.00. The van der Waals surface area contributed by atoms with Gasteiger partial charge < -0.3 is 15.5 Å². The highest BCUT2D eigenvalue weighted by molar-refractivity contribution is 5.96. The number of benzene rings is 2. The van der Waals surface area contributed by atoms with Gasteiger partial charge in [0.1, 0.15) is 11.5 Å². The lowest BCUT2D eigenvalue weighted by Crippen LogP contribution is -2.49. The molecule has 2 N–H and O–H groups in total. The minimum Gasteiger partial charge on any atom is -0.393 e. The molecule has 1 atom stereocenters. The van der Waals surface area contributed by atoms with Crippen molar-refractivity contribution in [2.45, 2.75) is 6.04 Å². The Morgan fingerprint density at radius 3 is 2.62 bits per heavy atom. The number of nitro benzene ring substituents is 1. The molecule has 1 unspecified atom stereocenters. The molecule has 0 aliphatic carbocycles. The molecule has 1 fully saturated rings. The van der Waals surface area contributed by atoms with Crippen molar-refractivity contribution < 1.29 is 14.1 Å². The van der Waals surface area contributed by atoms with E-state index in [-0.39, 0.29) is 17.3 Å². The Labute approximate surface area is 150 Å². The van der Waals surface area contributed by atoms with E-state index in [0.717, 1.165) is 17.7 Å². The van der Waals surface area contributed by atoms with Gasteiger partial charge in [-0.25, -0.2) is 4.39 Å². The van der Waals surface area contributed by atoms with Gasteiger partial charge in [0.25, 0.3) is 11.6 Å². The number of nitrogens with zero attached hydrogens (tertiary/aromatic N) is 3. The van der Waals surface area contributed by atoms with Crippen LogP contribution in [0.3, 0.4) is 0 Å². The van der Waals surface area contributed by atoms with Crippen LogP contribution in [0.15, 0.2) is 42.5 Å². The molecule has 2 aromatic rings. The maximum Gasteiger partial charge on any atom is 0.293 e. The third-order valence-corrected chi connectivity index (χ3v) is 4.57. The molecule has 1 heterocycles. The number of carbonyl (C=O) groups is 1. The molecule has 3 rings (SSSR count). The number of likely N-dealkylation sites (N-methyl/N-ethyl adjacent to an activating group) is 1. The number of piperazine rings is 1. The first kappa shape index (κ1) is 17.8. The van der Waals surface area contributed by atoms with Crippen LogP contribution in [0, 0.1) is 15.9 Å². The van der Waals surface area contributed by atoms with Gasteiger partial charge in [-0.3, -0.25) is 14.9 Å². The molecule has 0 bridgehead atoms. The molecule has 0 radical (unpaired) electrons. The van der Waals surface area contributed by atoms with Crippen LogP contribution in [-0.2, 0) is 0 Å². The van der Waals surface area contributed by atoms with Gasteiger partial charge in [-0.05, 0) is 12.6 Å². The molecular formula is C18H19FN4O3. The first-order valence-corrected chi connectivity index (χ1v) is 8.16. The minimum atomic E-state index is -0.858. The van der Waals surface area contributed by atoms with Gasteiger partial charge in [0.05, 0.1) is 16.5 Å². The summed E-state index contributed by atoms with van der Waals surface area (Å²) < 4.78 is 14.3. The highest BCUT2D eigenvalue weighted by Crippen LogP contribution is 2.30. The second-order valence-electron chi connectivity index (χ2n) is 6.34. The number of rotatable bonds is 3. The summed E-state index contributed by atoms with van der Waals surface area (Å²) in [5.41, 5.74) is 5.31.